The summed E-state index contributed by atoms with van der Waals surface area (Å²) in [5.74, 6) is -0.0328. The predicted octanol–water partition coefficient (Wildman–Crippen LogP) is 2.60. The van der Waals surface area contributed by atoms with Crippen LogP contribution in [0.2, 0.25) is 0 Å². The quantitative estimate of drug-likeness (QED) is 0.456. The molecule has 1 spiro atoms. The van der Waals surface area contributed by atoms with Gasteiger partial charge < -0.3 is 9.47 Å². The monoisotopic (exact) mass is 298 g/mol. The molecule has 4 aliphatic heterocycles. The van der Waals surface area contributed by atoms with Crippen LogP contribution in [0.3, 0.4) is 0 Å². The van der Waals surface area contributed by atoms with Crippen molar-refractivity contribution in [3.8, 4) is 0 Å². The van der Waals surface area contributed by atoms with Gasteiger partial charge in [0.15, 0.2) is 11.9 Å². The lowest BCUT2D eigenvalue weighted by Gasteiger charge is -2.58. The summed E-state index contributed by atoms with van der Waals surface area (Å²) in [6.45, 7) is 8.16. The van der Waals surface area contributed by atoms with Gasteiger partial charge in [-0.2, -0.15) is 0 Å². The first-order chi connectivity index (χ1) is 10.00. The minimum absolute atomic E-state index is 0.00255. The van der Waals surface area contributed by atoms with Crippen molar-refractivity contribution in [2.45, 2.75) is 63.5 Å². The first kappa shape index (κ1) is 14.1. The van der Waals surface area contributed by atoms with Gasteiger partial charge in [-0.05, 0) is 43.6 Å². The van der Waals surface area contributed by atoms with E-state index in [-0.39, 0.29) is 11.8 Å². The molecule has 0 aromatic carbocycles. The molecule has 1 N–H and O–H groups in total. The highest BCUT2D eigenvalue weighted by molar-refractivity contribution is 5.21. The Morgan fingerprint density at radius 1 is 1.29 bits per heavy atom. The fourth-order valence-corrected chi connectivity index (χ4v) is 4.65. The molecular formula is C15H22O6. The number of hydrogen-bond donors (Lipinski definition) is 1. The zero-order chi connectivity index (χ0) is 14.8. The van der Waals surface area contributed by atoms with E-state index in [1.165, 1.54) is 0 Å². The van der Waals surface area contributed by atoms with Gasteiger partial charge in [0, 0.05) is 12.3 Å². The fourth-order valence-electron chi connectivity index (χ4n) is 4.65. The first-order valence-electron chi connectivity index (χ1n) is 7.69. The molecule has 5 aliphatic rings. The first-order valence-corrected chi connectivity index (χ1v) is 7.69. The predicted molar refractivity (Wildman–Crippen MR) is 70.5 cm³/mol. The van der Waals surface area contributed by atoms with Crippen LogP contribution in [0.25, 0.3) is 0 Å². The van der Waals surface area contributed by atoms with Crippen molar-refractivity contribution in [2.75, 3.05) is 0 Å². The Bertz CT molecular complexity index is 467. The van der Waals surface area contributed by atoms with Crippen LogP contribution in [-0.2, 0) is 24.1 Å². The van der Waals surface area contributed by atoms with Crippen molar-refractivity contribution in [2.24, 2.45) is 17.8 Å². The molecule has 2 bridgehead atoms. The Balaban J connectivity index is 1.81. The van der Waals surface area contributed by atoms with E-state index in [0.717, 1.165) is 25.7 Å². The van der Waals surface area contributed by atoms with Crippen LogP contribution < -0.4 is 0 Å². The van der Waals surface area contributed by atoms with Crippen molar-refractivity contribution >= 4 is 0 Å². The fraction of sp³-hybridized carbons (Fsp3) is 0.867. The number of hydrogen-bond acceptors (Lipinski definition) is 6. The Labute approximate surface area is 123 Å². The zero-order valence-electron chi connectivity index (χ0n) is 12.4. The van der Waals surface area contributed by atoms with Crippen LogP contribution in [0.1, 0.15) is 39.5 Å². The lowest BCUT2D eigenvalue weighted by molar-refractivity contribution is -0.573. The van der Waals surface area contributed by atoms with E-state index in [1.54, 1.807) is 0 Å². The van der Waals surface area contributed by atoms with Crippen LogP contribution in [0, 0.1) is 17.8 Å². The summed E-state index contributed by atoms with van der Waals surface area (Å²) in [5, 5.41) is 9.09. The molecule has 5 unspecified atom stereocenters. The van der Waals surface area contributed by atoms with Gasteiger partial charge in [-0.25, -0.2) is 19.9 Å². The average molecular weight is 298 g/mol. The van der Waals surface area contributed by atoms with Crippen molar-refractivity contribution < 1.29 is 29.4 Å². The highest BCUT2D eigenvalue weighted by Crippen LogP contribution is 2.60. The molecule has 118 valence electrons. The second kappa shape index (κ2) is 4.50. The number of rotatable bonds is 1. The van der Waals surface area contributed by atoms with Crippen LogP contribution in [-0.4, -0.2) is 29.2 Å². The van der Waals surface area contributed by atoms with E-state index >= 15 is 0 Å². The van der Waals surface area contributed by atoms with Gasteiger partial charge in [0.05, 0.1) is 0 Å². The van der Waals surface area contributed by atoms with E-state index in [4.69, 9.17) is 24.5 Å². The molecule has 6 heteroatoms. The third kappa shape index (κ3) is 1.75. The van der Waals surface area contributed by atoms with Crippen LogP contribution >= 0.6 is 0 Å². The zero-order valence-corrected chi connectivity index (χ0v) is 12.4. The van der Waals surface area contributed by atoms with Gasteiger partial charge in [-0.1, -0.05) is 13.5 Å². The van der Waals surface area contributed by atoms with Crippen molar-refractivity contribution in [3.05, 3.63) is 12.2 Å². The molecule has 4 heterocycles. The molecular weight excluding hydrogens is 276 g/mol. The summed E-state index contributed by atoms with van der Waals surface area (Å²) in [5.41, 5.74) is 0.0168. The molecule has 7 atom stereocenters. The molecule has 1 saturated carbocycles. The summed E-state index contributed by atoms with van der Waals surface area (Å²) in [4.78, 5) is 16.0. The summed E-state index contributed by atoms with van der Waals surface area (Å²) in [6.07, 6.45) is 2.23. The SMILES string of the molecule is C=C1C2CCC(C)C3CC[C@]4(C)OOC23C(O[C@@H]1OO)O4. The highest BCUT2D eigenvalue weighted by atomic mass is 17.3. The molecule has 0 aromatic heterocycles. The van der Waals surface area contributed by atoms with Gasteiger partial charge >= 0.3 is 0 Å². The Hall–Kier alpha value is -0.500. The number of ether oxygens (including phenoxy) is 2. The van der Waals surface area contributed by atoms with Crippen molar-refractivity contribution in [1.29, 1.82) is 0 Å². The molecule has 0 amide bonds. The Morgan fingerprint density at radius 2 is 2.10 bits per heavy atom. The standard InChI is InChI=1S/C15H22O6/c1-8-4-5-11-9(2)12(19-16)17-13-15(11)10(8)6-7-14(3,18-13)20-21-15/h8,10-13,16H,2,4-7H2,1,3H3/t8?,10?,11?,12-,13?,14+,15?/m1/s1. The molecule has 6 nitrogen and oxygen atoms in total. The van der Waals surface area contributed by atoms with Gasteiger partial charge in [0.25, 0.3) is 0 Å². The second-order valence-corrected chi connectivity index (χ2v) is 7.00. The summed E-state index contributed by atoms with van der Waals surface area (Å²) < 4.78 is 11.9. The van der Waals surface area contributed by atoms with Crippen molar-refractivity contribution in [3.63, 3.8) is 0 Å². The van der Waals surface area contributed by atoms with Crippen LogP contribution in [0.4, 0.5) is 0 Å². The number of fused-ring (bicyclic) bond motifs is 2. The topological polar surface area (TPSA) is 66.4 Å². The van der Waals surface area contributed by atoms with E-state index in [1.807, 2.05) is 6.92 Å². The largest absolute Gasteiger partial charge is 0.315 e. The van der Waals surface area contributed by atoms with E-state index in [9.17, 15) is 0 Å². The molecule has 0 aromatic rings. The summed E-state index contributed by atoms with van der Waals surface area (Å²) in [6, 6.07) is 0. The van der Waals surface area contributed by atoms with E-state index < -0.39 is 24.0 Å². The van der Waals surface area contributed by atoms with E-state index in [2.05, 4.69) is 18.4 Å². The van der Waals surface area contributed by atoms with Gasteiger partial charge in [0.1, 0.15) is 0 Å². The molecule has 1 aliphatic carbocycles. The average Bonchev–Trinajstić information content (AvgIpc) is 2.69. The Kier molecular flexibility index (Phi) is 3.03. The molecule has 5 rings (SSSR count). The van der Waals surface area contributed by atoms with Crippen molar-refractivity contribution in [1.82, 2.24) is 0 Å². The maximum absolute atomic E-state index is 9.09. The van der Waals surface area contributed by atoms with Gasteiger partial charge in [0.2, 0.25) is 12.1 Å². The smallest absolute Gasteiger partial charge is 0.215 e. The maximum atomic E-state index is 9.09. The summed E-state index contributed by atoms with van der Waals surface area (Å²) >= 11 is 0. The van der Waals surface area contributed by atoms with Crippen LogP contribution in [0.15, 0.2) is 12.2 Å². The molecule has 21 heavy (non-hydrogen) atoms. The normalized spacial score (nSPS) is 56.0. The lowest BCUT2D eigenvalue weighted by Crippen LogP contribution is -2.69. The molecule has 0 radical (unpaired) electrons. The molecule has 5 fully saturated rings. The third-order valence-corrected chi connectivity index (χ3v) is 5.81. The highest BCUT2D eigenvalue weighted by Gasteiger charge is 2.69. The van der Waals surface area contributed by atoms with Crippen LogP contribution in [0.5, 0.6) is 0 Å². The van der Waals surface area contributed by atoms with E-state index in [0.29, 0.717) is 11.5 Å². The lowest BCUT2D eigenvalue weighted by atomic mass is 9.59. The third-order valence-electron chi connectivity index (χ3n) is 5.81. The Morgan fingerprint density at radius 3 is 2.86 bits per heavy atom. The molecule has 4 saturated heterocycles. The van der Waals surface area contributed by atoms with Gasteiger partial charge in [-0.3, -0.25) is 0 Å². The summed E-state index contributed by atoms with van der Waals surface area (Å²) in [7, 11) is 0. The minimum Gasteiger partial charge on any atom is -0.315 e. The maximum Gasteiger partial charge on any atom is 0.215 e. The second-order valence-electron chi connectivity index (χ2n) is 7.00. The minimum atomic E-state index is -0.869. The van der Waals surface area contributed by atoms with Gasteiger partial charge in [-0.15, -0.1) is 0 Å².